The molecule has 0 radical (unpaired) electrons. The first-order valence-electron chi connectivity index (χ1n) is 8.33. The van der Waals surface area contributed by atoms with Crippen LogP contribution in [0.1, 0.15) is 32.3 Å². The van der Waals surface area contributed by atoms with E-state index >= 15 is 0 Å². The highest BCUT2D eigenvalue weighted by atomic mass is 16.5. The molecule has 23 heavy (non-hydrogen) atoms. The van der Waals surface area contributed by atoms with Gasteiger partial charge >= 0.3 is 0 Å². The molecule has 130 valence electrons. The fourth-order valence-electron chi connectivity index (χ4n) is 2.86. The number of nitrogens with zero attached hydrogens (tertiary/aromatic N) is 2. The Morgan fingerprint density at radius 3 is 2.48 bits per heavy atom. The number of ether oxygens (including phenoxy) is 1. The molecule has 0 saturated carbocycles. The number of benzene rings is 1. The standard InChI is InChI=1S/C18H32N4O/c1-6-14(7-2)17(22(3)4)12-20-18(19)21-16-11-9-8-10-15(16)13-23-5/h8-11,14,17H,6-7,12-13H2,1-5H3,(H3,19,20,21). The number of aliphatic imine (C=N–C) groups is 1. The molecule has 3 N–H and O–H groups in total. The van der Waals surface area contributed by atoms with Crippen LogP contribution in [0.5, 0.6) is 0 Å². The van der Waals surface area contributed by atoms with Gasteiger partial charge in [-0.2, -0.15) is 0 Å². The highest BCUT2D eigenvalue weighted by Crippen LogP contribution is 2.18. The van der Waals surface area contributed by atoms with Crippen molar-refractivity contribution in [1.82, 2.24) is 4.90 Å². The van der Waals surface area contributed by atoms with Gasteiger partial charge in [0.25, 0.3) is 0 Å². The van der Waals surface area contributed by atoms with E-state index in [2.05, 4.69) is 43.2 Å². The quantitative estimate of drug-likeness (QED) is 0.542. The largest absolute Gasteiger partial charge is 0.380 e. The Hall–Kier alpha value is -1.59. The molecular weight excluding hydrogens is 288 g/mol. The van der Waals surface area contributed by atoms with Crippen LogP contribution in [-0.2, 0) is 11.3 Å². The number of hydrogen-bond acceptors (Lipinski definition) is 3. The Morgan fingerprint density at radius 2 is 1.91 bits per heavy atom. The smallest absolute Gasteiger partial charge is 0.193 e. The van der Waals surface area contributed by atoms with E-state index in [0.717, 1.165) is 24.1 Å². The molecule has 1 aromatic carbocycles. The van der Waals surface area contributed by atoms with Crippen LogP contribution in [0.4, 0.5) is 5.69 Å². The average Bonchev–Trinajstić information content (AvgIpc) is 2.53. The van der Waals surface area contributed by atoms with Crippen molar-refractivity contribution in [2.75, 3.05) is 33.1 Å². The molecule has 0 aromatic heterocycles. The molecular formula is C18H32N4O. The van der Waals surface area contributed by atoms with Crippen LogP contribution in [0.25, 0.3) is 0 Å². The number of anilines is 1. The van der Waals surface area contributed by atoms with Crippen LogP contribution in [0, 0.1) is 5.92 Å². The van der Waals surface area contributed by atoms with Crippen molar-refractivity contribution in [3.05, 3.63) is 29.8 Å². The fraction of sp³-hybridized carbons (Fsp3) is 0.611. The summed E-state index contributed by atoms with van der Waals surface area (Å²) in [5.74, 6) is 1.08. The summed E-state index contributed by atoms with van der Waals surface area (Å²) >= 11 is 0. The van der Waals surface area contributed by atoms with Crippen LogP contribution >= 0.6 is 0 Å². The molecule has 1 aromatic rings. The Labute approximate surface area is 140 Å². The second-order valence-electron chi connectivity index (χ2n) is 6.05. The van der Waals surface area contributed by atoms with Crippen molar-refractivity contribution in [1.29, 1.82) is 0 Å². The third-order valence-corrected chi connectivity index (χ3v) is 4.28. The number of likely N-dealkylation sites (N-methyl/N-ethyl adjacent to an activating group) is 1. The van der Waals surface area contributed by atoms with Crippen molar-refractivity contribution >= 4 is 11.6 Å². The van der Waals surface area contributed by atoms with Crippen LogP contribution in [0.3, 0.4) is 0 Å². The molecule has 0 bridgehead atoms. The number of nitrogens with two attached hydrogens (primary N) is 1. The molecule has 0 heterocycles. The van der Waals surface area contributed by atoms with Crippen LogP contribution < -0.4 is 11.1 Å². The first-order chi connectivity index (χ1) is 11.0. The average molecular weight is 320 g/mol. The predicted molar refractivity (Wildman–Crippen MR) is 98.8 cm³/mol. The molecule has 0 aliphatic heterocycles. The molecule has 5 heteroatoms. The van der Waals surface area contributed by atoms with Crippen molar-refractivity contribution in [3.8, 4) is 0 Å². The maximum atomic E-state index is 6.08. The lowest BCUT2D eigenvalue weighted by Gasteiger charge is -2.30. The van der Waals surface area contributed by atoms with E-state index in [1.54, 1.807) is 7.11 Å². The predicted octanol–water partition coefficient (Wildman–Crippen LogP) is 2.93. The Balaban J connectivity index is 2.76. The number of para-hydroxylation sites is 1. The molecule has 1 atom stereocenters. The monoisotopic (exact) mass is 320 g/mol. The van der Waals surface area contributed by atoms with Gasteiger partial charge in [-0.05, 0) is 26.1 Å². The minimum atomic E-state index is 0.402. The van der Waals surface area contributed by atoms with Gasteiger partial charge in [-0.1, -0.05) is 44.9 Å². The number of rotatable bonds is 9. The lowest BCUT2D eigenvalue weighted by Crippen LogP contribution is -2.38. The number of guanidine groups is 1. The van der Waals surface area contributed by atoms with Crippen molar-refractivity contribution in [2.45, 2.75) is 39.3 Å². The molecule has 0 fully saturated rings. The zero-order valence-electron chi connectivity index (χ0n) is 15.2. The first-order valence-corrected chi connectivity index (χ1v) is 8.33. The first kappa shape index (κ1) is 19.5. The van der Waals surface area contributed by atoms with Gasteiger partial charge in [0.2, 0.25) is 0 Å². The molecule has 0 spiro atoms. The summed E-state index contributed by atoms with van der Waals surface area (Å²) < 4.78 is 5.21. The van der Waals surface area contributed by atoms with Gasteiger partial charge in [-0.3, -0.25) is 4.99 Å². The zero-order chi connectivity index (χ0) is 17.2. The summed E-state index contributed by atoms with van der Waals surface area (Å²) in [5, 5.41) is 3.19. The van der Waals surface area contributed by atoms with Gasteiger partial charge in [0.15, 0.2) is 5.96 Å². The Kier molecular flexibility index (Phi) is 8.66. The van der Waals surface area contributed by atoms with Gasteiger partial charge in [-0.25, -0.2) is 0 Å². The summed E-state index contributed by atoms with van der Waals surface area (Å²) in [5.41, 5.74) is 8.09. The third-order valence-electron chi connectivity index (χ3n) is 4.28. The lowest BCUT2D eigenvalue weighted by molar-refractivity contribution is 0.185. The van der Waals surface area contributed by atoms with Crippen LogP contribution in [0.15, 0.2) is 29.3 Å². The van der Waals surface area contributed by atoms with Gasteiger partial charge in [-0.15, -0.1) is 0 Å². The molecule has 0 aliphatic rings. The maximum absolute atomic E-state index is 6.08. The van der Waals surface area contributed by atoms with E-state index in [0.29, 0.717) is 31.1 Å². The maximum Gasteiger partial charge on any atom is 0.193 e. The second kappa shape index (κ2) is 10.2. The van der Waals surface area contributed by atoms with Crippen molar-refractivity contribution < 1.29 is 4.74 Å². The van der Waals surface area contributed by atoms with Crippen molar-refractivity contribution in [2.24, 2.45) is 16.6 Å². The second-order valence-corrected chi connectivity index (χ2v) is 6.05. The summed E-state index contributed by atoms with van der Waals surface area (Å²) in [6.07, 6.45) is 2.30. The molecule has 1 rings (SSSR count). The van der Waals surface area contributed by atoms with E-state index < -0.39 is 0 Å². The summed E-state index contributed by atoms with van der Waals surface area (Å²) in [4.78, 5) is 6.80. The minimum absolute atomic E-state index is 0.402. The molecule has 0 amide bonds. The highest BCUT2D eigenvalue weighted by Gasteiger charge is 2.20. The molecule has 0 aliphatic carbocycles. The molecule has 0 saturated heterocycles. The lowest BCUT2D eigenvalue weighted by atomic mass is 9.93. The van der Waals surface area contributed by atoms with E-state index in [1.807, 2.05) is 24.3 Å². The third kappa shape index (κ3) is 6.20. The van der Waals surface area contributed by atoms with E-state index in [1.165, 1.54) is 0 Å². The summed E-state index contributed by atoms with van der Waals surface area (Å²) in [7, 11) is 5.90. The minimum Gasteiger partial charge on any atom is -0.380 e. The van der Waals surface area contributed by atoms with Gasteiger partial charge in [0, 0.05) is 24.4 Å². The van der Waals surface area contributed by atoms with E-state index in [9.17, 15) is 0 Å². The Morgan fingerprint density at radius 1 is 1.26 bits per heavy atom. The SMILES string of the molecule is CCC(CC)C(CN=C(N)Nc1ccccc1COC)N(C)C. The number of methoxy groups -OCH3 is 1. The number of hydrogen-bond donors (Lipinski definition) is 2. The van der Waals surface area contributed by atoms with Gasteiger partial charge < -0.3 is 20.7 Å². The van der Waals surface area contributed by atoms with Gasteiger partial charge in [0.05, 0.1) is 13.2 Å². The normalized spacial score (nSPS) is 13.6. The molecule has 5 nitrogen and oxygen atoms in total. The van der Waals surface area contributed by atoms with Crippen molar-refractivity contribution in [3.63, 3.8) is 0 Å². The zero-order valence-corrected chi connectivity index (χ0v) is 15.2. The number of nitrogens with one attached hydrogen (secondary N) is 1. The topological polar surface area (TPSA) is 62.9 Å². The van der Waals surface area contributed by atoms with Crippen LogP contribution in [-0.4, -0.2) is 44.7 Å². The molecule has 1 unspecified atom stereocenters. The fourth-order valence-corrected chi connectivity index (χ4v) is 2.86. The van der Waals surface area contributed by atoms with Crippen LogP contribution in [0.2, 0.25) is 0 Å². The summed E-state index contributed by atoms with van der Waals surface area (Å²) in [6.45, 7) is 5.71. The Bertz CT molecular complexity index is 484. The van der Waals surface area contributed by atoms with E-state index in [-0.39, 0.29) is 0 Å². The highest BCUT2D eigenvalue weighted by molar-refractivity contribution is 5.92. The van der Waals surface area contributed by atoms with E-state index in [4.69, 9.17) is 10.5 Å². The van der Waals surface area contributed by atoms with Gasteiger partial charge in [0.1, 0.15) is 0 Å². The summed E-state index contributed by atoms with van der Waals surface area (Å²) in [6, 6.07) is 8.37.